The van der Waals surface area contributed by atoms with Gasteiger partial charge in [-0.15, -0.1) is 0 Å². The maximum absolute atomic E-state index is 13.9. The minimum absolute atomic E-state index is 0.110. The van der Waals surface area contributed by atoms with E-state index in [2.05, 4.69) is 4.98 Å². The van der Waals surface area contributed by atoms with E-state index in [9.17, 15) is 9.59 Å². The van der Waals surface area contributed by atoms with E-state index < -0.39 is 5.60 Å². The third kappa shape index (κ3) is 3.87. The van der Waals surface area contributed by atoms with Crippen LogP contribution in [-0.2, 0) is 16.1 Å². The number of aromatic nitrogens is 1. The van der Waals surface area contributed by atoms with Crippen molar-refractivity contribution in [1.82, 2.24) is 14.8 Å². The summed E-state index contributed by atoms with van der Waals surface area (Å²) < 4.78 is 16.6. The molecule has 0 saturated carbocycles. The predicted octanol–water partition coefficient (Wildman–Crippen LogP) is 2.72. The van der Waals surface area contributed by atoms with E-state index in [1.54, 1.807) is 30.5 Å². The van der Waals surface area contributed by atoms with Gasteiger partial charge in [0.2, 0.25) is 0 Å². The molecule has 1 aromatic carbocycles. The number of carbonyl (C=O) groups is 2. The SMILES string of the molecule is COc1ccc(CN2CCO[C@@]3(CN(C(=O)c4ccoc4)C[C@@H]3c3cccnc3)C2=O)cc1. The average Bonchev–Trinajstić information content (AvgIpc) is 3.52. The molecule has 2 aliphatic rings. The van der Waals surface area contributed by atoms with Crippen molar-refractivity contribution in [3.8, 4) is 5.75 Å². The van der Waals surface area contributed by atoms with Crippen LogP contribution in [0.25, 0.3) is 0 Å². The summed E-state index contributed by atoms with van der Waals surface area (Å²) >= 11 is 0. The quantitative estimate of drug-likeness (QED) is 0.598. The molecule has 33 heavy (non-hydrogen) atoms. The summed E-state index contributed by atoms with van der Waals surface area (Å²) in [6.45, 7) is 1.88. The number of hydrogen-bond acceptors (Lipinski definition) is 6. The zero-order valence-electron chi connectivity index (χ0n) is 18.3. The number of morpholine rings is 1. The Morgan fingerprint density at radius 3 is 2.79 bits per heavy atom. The largest absolute Gasteiger partial charge is 0.497 e. The molecule has 2 aromatic heterocycles. The van der Waals surface area contributed by atoms with E-state index in [-0.39, 0.29) is 24.3 Å². The summed E-state index contributed by atoms with van der Waals surface area (Å²) in [6.07, 6.45) is 6.33. The molecule has 8 nitrogen and oxygen atoms in total. The van der Waals surface area contributed by atoms with Crippen molar-refractivity contribution in [2.45, 2.75) is 18.1 Å². The van der Waals surface area contributed by atoms with Gasteiger partial charge in [-0.2, -0.15) is 0 Å². The van der Waals surface area contributed by atoms with Crippen LogP contribution < -0.4 is 4.74 Å². The second-order valence-corrected chi connectivity index (χ2v) is 8.35. The van der Waals surface area contributed by atoms with Gasteiger partial charge in [-0.25, -0.2) is 0 Å². The monoisotopic (exact) mass is 447 g/mol. The molecule has 0 aliphatic carbocycles. The first-order valence-electron chi connectivity index (χ1n) is 10.9. The number of ether oxygens (including phenoxy) is 2. The molecule has 3 aromatic rings. The molecule has 5 rings (SSSR count). The molecule has 4 heterocycles. The lowest BCUT2D eigenvalue weighted by molar-refractivity contribution is -0.172. The molecule has 170 valence electrons. The molecule has 1 spiro atoms. The van der Waals surface area contributed by atoms with Crippen molar-refractivity contribution >= 4 is 11.8 Å². The van der Waals surface area contributed by atoms with E-state index in [1.807, 2.05) is 41.3 Å². The second-order valence-electron chi connectivity index (χ2n) is 8.35. The Morgan fingerprint density at radius 2 is 2.09 bits per heavy atom. The number of pyridine rings is 1. The highest BCUT2D eigenvalue weighted by molar-refractivity contribution is 5.96. The Labute approximate surface area is 191 Å². The first kappa shape index (κ1) is 21.2. The highest BCUT2D eigenvalue weighted by Crippen LogP contribution is 2.42. The number of hydrogen-bond donors (Lipinski definition) is 0. The maximum atomic E-state index is 13.9. The van der Waals surface area contributed by atoms with Crippen LogP contribution in [0.4, 0.5) is 0 Å². The Bertz CT molecular complexity index is 1120. The summed E-state index contributed by atoms with van der Waals surface area (Å²) in [7, 11) is 1.62. The zero-order valence-corrected chi connectivity index (χ0v) is 18.3. The lowest BCUT2D eigenvalue weighted by atomic mass is 9.83. The average molecular weight is 447 g/mol. The first-order chi connectivity index (χ1) is 16.1. The van der Waals surface area contributed by atoms with Crippen LogP contribution in [0.15, 0.2) is 71.8 Å². The molecule has 0 N–H and O–H groups in total. The summed E-state index contributed by atoms with van der Waals surface area (Å²) in [5, 5.41) is 0. The number of nitrogens with zero attached hydrogens (tertiary/aromatic N) is 3. The molecule has 8 heteroatoms. The molecule has 2 fully saturated rings. The normalized spacial score (nSPS) is 22.7. The van der Waals surface area contributed by atoms with E-state index in [1.165, 1.54) is 12.5 Å². The highest BCUT2D eigenvalue weighted by atomic mass is 16.5. The van der Waals surface area contributed by atoms with Crippen molar-refractivity contribution in [1.29, 1.82) is 0 Å². The molecule has 2 saturated heterocycles. The number of rotatable bonds is 5. The van der Waals surface area contributed by atoms with Crippen molar-refractivity contribution in [2.24, 2.45) is 0 Å². The number of carbonyl (C=O) groups excluding carboxylic acids is 2. The lowest BCUT2D eigenvalue weighted by Crippen LogP contribution is -2.60. The van der Waals surface area contributed by atoms with Gasteiger partial charge >= 0.3 is 0 Å². The number of amides is 2. The van der Waals surface area contributed by atoms with Crippen molar-refractivity contribution < 1.29 is 23.5 Å². The number of likely N-dealkylation sites (tertiary alicyclic amines) is 1. The summed E-state index contributed by atoms with van der Waals surface area (Å²) in [5.74, 6) is 0.150. The number of furan rings is 1. The van der Waals surface area contributed by atoms with Crippen molar-refractivity contribution in [3.05, 3.63) is 84.1 Å². The van der Waals surface area contributed by atoms with Gasteiger partial charge in [-0.3, -0.25) is 14.6 Å². The predicted molar refractivity (Wildman–Crippen MR) is 119 cm³/mol. The van der Waals surface area contributed by atoms with Crippen LogP contribution in [-0.4, -0.2) is 65.6 Å². The molecule has 2 atom stereocenters. The fourth-order valence-corrected chi connectivity index (χ4v) is 4.74. The van der Waals surface area contributed by atoms with Gasteiger partial charge in [0.1, 0.15) is 12.0 Å². The van der Waals surface area contributed by atoms with Gasteiger partial charge in [0.15, 0.2) is 5.60 Å². The zero-order chi connectivity index (χ0) is 22.8. The summed E-state index contributed by atoms with van der Waals surface area (Å²) in [4.78, 5) is 34.8. The Balaban J connectivity index is 1.45. The van der Waals surface area contributed by atoms with Crippen LogP contribution >= 0.6 is 0 Å². The van der Waals surface area contributed by atoms with E-state index in [0.29, 0.717) is 31.8 Å². The second kappa shape index (κ2) is 8.71. The van der Waals surface area contributed by atoms with Crippen LogP contribution in [0.3, 0.4) is 0 Å². The van der Waals surface area contributed by atoms with Crippen LogP contribution in [0.2, 0.25) is 0 Å². The smallest absolute Gasteiger partial charge is 0.257 e. The van der Waals surface area contributed by atoms with Gasteiger partial charge < -0.3 is 23.7 Å². The molecule has 2 aliphatic heterocycles. The Morgan fingerprint density at radius 1 is 1.24 bits per heavy atom. The fourth-order valence-electron chi connectivity index (χ4n) is 4.74. The molecule has 0 radical (unpaired) electrons. The van der Waals surface area contributed by atoms with Crippen LogP contribution in [0.5, 0.6) is 5.75 Å². The number of methoxy groups -OCH3 is 1. The van der Waals surface area contributed by atoms with Gasteiger partial charge in [-0.1, -0.05) is 18.2 Å². The van der Waals surface area contributed by atoms with Crippen LogP contribution in [0, 0.1) is 0 Å². The van der Waals surface area contributed by atoms with Crippen molar-refractivity contribution in [3.63, 3.8) is 0 Å². The minimum Gasteiger partial charge on any atom is -0.497 e. The molecule has 0 unspecified atom stereocenters. The van der Waals surface area contributed by atoms with Gasteiger partial charge in [-0.05, 0) is 35.4 Å². The molecular formula is C25H25N3O5. The van der Waals surface area contributed by atoms with E-state index in [4.69, 9.17) is 13.9 Å². The summed E-state index contributed by atoms with van der Waals surface area (Å²) in [6, 6.07) is 13.1. The van der Waals surface area contributed by atoms with E-state index >= 15 is 0 Å². The molecule has 2 amide bonds. The van der Waals surface area contributed by atoms with Gasteiger partial charge in [0.05, 0.1) is 32.1 Å². The third-order valence-electron chi connectivity index (χ3n) is 6.44. The Kier molecular flexibility index (Phi) is 5.60. The highest BCUT2D eigenvalue weighted by Gasteiger charge is 2.58. The van der Waals surface area contributed by atoms with Crippen molar-refractivity contribution in [2.75, 3.05) is 33.4 Å². The minimum atomic E-state index is -1.16. The summed E-state index contributed by atoms with van der Waals surface area (Å²) in [5.41, 5.74) is 1.17. The fraction of sp³-hybridized carbons (Fsp3) is 0.320. The maximum Gasteiger partial charge on any atom is 0.257 e. The number of benzene rings is 1. The van der Waals surface area contributed by atoms with E-state index in [0.717, 1.165) is 16.9 Å². The molecule has 0 bridgehead atoms. The van der Waals surface area contributed by atoms with Gasteiger partial charge in [0.25, 0.3) is 11.8 Å². The molecular weight excluding hydrogens is 422 g/mol. The standard InChI is InChI=1S/C25H25N3O5/c1-31-21-6-4-18(5-7-21)14-27-10-12-33-25(24(27)30)17-28(23(29)20-8-11-32-16-20)15-22(25)19-3-2-9-26-13-19/h2-9,11,13,16,22H,10,12,14-15,17H2,1H3/t22-,25-/m1/s1. The Hall–Kier alpha value is -3.65. The third-order valence-corrected chi connectivity index (χ3v) is 6.44. The van der Waals surface area contributed by atoms with Gasteiger partial charge in [0, 0.05) is 37.9 Å². The first-order valence-corrected chi connectivity index (χ1v) is 10.9. The topological polar surface area (TPSA) is 85.1 Å². The van der Waals surface area contributed by atoms with Crippen LogP contribution in [0.1, 0.15) is 27.4 Å². The lowest BCUT2D eigenvalue weighted by Gasteiger charge is -2.42.